The van der Waals surface area contributed by atoms with Gasteiger partial charge in [0.2, 0.25) is 0 Å². The van der Waals surface area contributed by atoms with Crippen molar-refractivity contribution in [1.29, 1.82) is 0 Å². The summed E-state index contributed by atoms with van der Waals surface area (Å²) in [7, 11) is 0. The Labute approximate surface area is 87.3 Å². The number of alkyl halides is 2. The number of nitrogens with zero attached hydrogens (tertiary/aromatic N) is 1. The third kappa shape index (κ3) is 2.04. The predicted molar refractivity (Wildman–Crippen MR) is 51.7 cm³/mol. The summed E-state index contributed by atoms with van der Waals surface area (Å²) in [6.07, 6.45) is -2.61. The molecule has 0 aliphatic heterocycles. The third-order valence-corrected chi connectivity index (χ3v) is 2.84. The molecule has 1 aromatic rings. The average molecular weight is 303 g/mol. The van der Waals surface area contributed by atoms with E-state index in [9.17, 15) is 8.78 Å². The fraction of sp³-hybridized carbons (Fsp3) is 0.286. The van der Waals surface area contributed by atoms with E-state index < -0.39 is 6.43 Å². The van der Waals surface area contributed by atoms with Crippen LogP contribution in [0.4, 0.5) is 8.78 Å². The first-order valence-corrected chi connectivity index (χ1v) is 4.58. The minimum Gasteiger partial charge on any atom is -0.251 e. The number of halogens is 4. The van der Waals surface area contributed by atoms with Gasteiger partial charge in [-0.05, 0) is 35.6 Å². The molecule has 0 aliphatic carbocycles. The van der Waals surface area contributed by atoms with E-state index >= 15 is 0 Å². The molecule has 0 radical (unpaired) electrons. The Morgan fingerprint density at radius 3 is 2.67 bits per heavy atom. The minimum absolute atomic E-state index is 0.0520. The van der Waals surface area contributed by atoms with Crippen LogP contribution in [0.2, 0.25) is 5.02 Å². The van der Waals surface area contributed by atoms with Crippen molar-refractivity contribution in [3.63, 3.8) is 0 Å². The van der Waals surface area contributed by atoms with Crippen molar-refractivity contribution in [3.05, 3.63) is 26.0 Å². The van der Waals surface area contributed by atoms with E-state index in [-0.39, 0.29) is 10.7 Å². The summed E-state index contributed by atoms with van der Waals surface area (Å²) < 4.78 is 25.1. The van der Waals surface area contributed by atoms with Gasteiger partial charge in [0.1, 0.15) is 5.69 Å². The Morgan fingerprint density at radius 2 is 2.17 bits per heavy atom. The van der Waals surface area contributed by atoms with Crippen molar-refractivity contribution in [1.82, 2.24) is 4.98 Å². The molecular weight excluding hydrogens is 298 g/mol. The molecule has 5 heteroatoms. The zero-order valence-corrected chi connectivity index (χ0v) is 9.03. The van der Waals surface area contributed by atoms with Crippen molar-refractivity contribution in [2.45, 2.75) is 13.3 Å². The summed E-state index contributed by atoms with van der Waals surface area (Å²) in [6, 6.07) is 1.66. The molecule has 1 heterocycles. The molecule has 0 spiro atoms. The van der Waals surface area contributed by atoms with Crippen molar-refractivity contribution in [2.24, 2.45) is 0 Å². The first-order valence-electron chi connectivity index (χ1n) is 3.13. The van der Waals surface area contributed by atoms with Crippen LogP contribution >= 0.6 is 34.2 Å². The van der Waals surface area contributed by atoms with E-state index in [1.165, 1.54) is 0 Å². The van der Waals surface area contributed by atoms with Gasteiger partial charge in [-0.2, -0.15) is 0 Å². The number of rotatable bonds is 1. The molecule has 0 bridgehead atoms. The Morgan fingerprint density at radius 1 is 1.58 bits per heavy atom. The lowest BCUT2D eigenvalue weighted by Gasteiger charge is -2.04. The molecule has 0 atom stereocenters. The summed E-state index contributed by atoms with van der Waals surface area (Å²) in [5.41, 5.74) is 0.222. The number of hydrogen-bond donors (Lipinski definition) is 0. The van der Waals surface area contributed by atoms with Gasteiger partial charge in [-0.15, -0.1) is 0 Å². The van der Waals surface area contributed by atoms with Gasteiger partial charge in [0, 0.05) is 9.26 Å². The molecule has 0 aliphatic rings. The molecule has 0 unspecified atom stereocenters. The van der Waals surface area contributed by atoms with Gasteiger partial charge in [-0.25, -0.2) is 8.78 Å². The van der Waals surface area contributed by atoms with Crippen LogP contribution in [-0.2, 0) is 0 Å². The topological polar surface area (TPSA) is 12.9 Å². The molecule has 0 saturated carbocycles. The van der Waals surface area contributed by atoms with Crippen LogP contribution in [-0.4, -0.2) is 4.98 Å². The average Bonchev–Trinajstić information content (AvgIpc) is 1.96. The van der Waals surface area contributed by atoms with Gasteiger partial charge in [-0.1, -0.05) is 11.6 Å². The zero-order valence-electron chi connectivity index (χ0n) is 6.11. The number of aryl methyl sites for hydroxylation is 1. The lowest BCUT2D eigenvalue weighted by molar-refractivity contribution is 0.146. The van der Waals surface area contributed by atoms with Crippen LogP contribution in [0.1, 0.15) is 17.8 Å². The predicted octanol–water partition coefficient (Wildman–Crippen LogP) is 3.59. The highest BCUT2D eigenvalue weighted by Gasteiger charge is 2.16. The molecular formula is C7H5ClF2IN. The second-order valence-corrected chi connectivity index (χ2v) is 3.79. The van der Waals surface area contributed by atoms with Gasteiger partial charge >= 0.3 is 0 Å². The highest BCUT2D eigenvalue weighted by atomic mass is 127. The monoisotopic (exact) mass is 303 g/mol. The second kappa shape index (κ2) is 3.83. The van der Waals surface area contributed by atoms with E-state index in [1.54, 1.807) is 13.0 Å². The van der Waals surface area contributed by atoms with Gasteiger partial charge in [-0.3, -0.25) is 4.98 Å². The fourth-order valence-corrected chi connectivity index (χ4v) is 1.69. The number of hydrogen-bond acceptors (Lipinski definition) is 1. The van der Waals surface area contributed by atoms with Crippen LogP contribution in [0.25, 0.3) is 0 Å². The van der Waals surface area contributed by atoms with Crippen molar-refractivity contribution < 1.29 is 8.78 Å². The van der Waals surface area contributed by atoms with E-state index in [0.717, 1.165) is 0 Å². The summed E-state index contributed by atoms with van der Waals surface area (Å²) in [5.74, 6) is 0. The van der Waals surface area contributed by atoms with E-state index in [4.69, 9.17) is 11.6 Å². The maximum Gasteiger partial charge on any atom is 0.281 e. The van der Waals surface area contributed by atoms with Crippen molar-refractivity contribution in [2.75, 3.05) is 0 Å². The summed E-state index contributed by atoms with van der Waals surface area (Å²) in [5, 5.41) is 0.0520. The van der Waals surface area contributed by atoms with Gasteiger partial charge in [0.15, 0.2) is 0 Å². The van der Waals surface area contributed by atoms with Gasteiger partial charge in [0.25, 0.3) is 6.43 Å². The van der Waals surface area contributed by atoms with Crippen LogP contribution in [0.5, 0.6) is 0 Å². The molecule has 1 aromatic heterocycles. The smallest absolute Gasteiger partial charge is 0.251 e. The first-order chi connectivity index (χ1) is 5.52. The largest absolute Gasteiger partial charge is 0.281 e. The maximum atomic E-state index is 12.2. The van der Waals surface area contributed by atoms with Gasteiger partial charge < -0.3 is 0 Å². The zero-order chi connectivity index (χ0) is 9.30. The second-order valence-electron chi connectivity index (χ2n) is 2.25. The molecule has 0 saturated heterocycles. The fourth-order valence-electron chi connectivity index (χ4n) is 0.785. The molecule has 0 amide bonds. The SMILES string of the molecule is Cc1cc(I)c(Cl)c(C(F)F)n1. The van der Waals surface area contributed by atoms with Crippen LogP contribution < -0.4 is 0 Å². The number of aromatic nitrogens is 1. The Hall–Kier alpha value is 0.0300. The third-order valence-electron chi connectivity index (χ3n) is 1.27. The van der Waals surface area contributed by atoms with Crippen LogP contribution in [0.3, 0.4) is 0 Å². The van der Waals surface area contributed by atoms with Crippen LogP contribution in [0.15, 0.2) is 6.07 Å². The van der Waals surface area contributed by atoms with Crippen LogP contribution in [0, 0.1) is 10.5 Å². The highest BCUT2D eigenvalue weighted by Crippen LogP contribution is 2.29. The Balaban J connectivity index is 3.28. The Bertz CT molecular complexity index is 304. The van der Waals surface area contributed by atoms with Gasteiger partial charge in [0.05, 0.1) is 5.02 Å². The highest BCUT2D eigenvalue weighted by molar-refractivity contribution is 14.1. The number of pyridine rings is 1. The molecule has 66 valence electrons. The quantitative estimate of drug-likeness (QED) is 0.723. The van der Waals surface area contributed by atoms with Crippen molar-refractivity contribution in [3.8, 4) is 0 Å². The van der Waals surface area contributed by atoms with E-state index in [2.05, 4.69) is 4.98 Å². The molecule has 0 N–H and O–H groups in total. The van der Waals surface area contributed by atoms with Crippen molar-refractivity contribution >= 4 is 34.2 Å². The lowest BCUT2D eigenvalue weighted by Crippen LogP contribution is -1.96. The Kier molecular flexibility index (Phi) is 3.22. The molecule has 12 heavy (non-hydrogen) atoms. The molecule has 1 rings (SSSR count). The molecule has 0 aromatic carbocycles. The summed E-state index contributed by atoms with van der Waals surface area (Å²) in [4.78, 5) is 3.65. The normalized spacial score (nSPS) is 10.8. The minimum atomic E-state index is -2.61. The summed E-state index contributed by atoms with van der Waals surface area (Å²) in [6.45, 7) is 1.66. The van der Waals surface area contributed by atoms with E-state index in [1.807, 2.05) is 22.6 Å². The first kappa shape index (κ1) is 10.1. The lowest BCUT2D eigenvalue weighted by atomic mass is 10.3. The standard InChI is InChI=1S/C7H5ClF2IN/c1-3-2-4(11)5(8)6(12-3)7(9)10/h2,7H,1H3. The maximum absolute atomic E-state index is 12.2. The van der Waals surface area contributed by atoms with E-state index in [0.29, 0.717) is 9.26 Å². The summed E-state index contributed by atoms with van der Waals surface area (Å²) >= 11 is 7.51. The molecule has 0 fully saturated rings. The molecule has 1 nitrogen and oxygen atoms in total.